The molecular formula is C29H30N4O7S. The summed E-state index contributed by atoms with van der Waals surface area (Å²) < 4.78 is 47.7. The van der Waals surface area contributed by atoms with Crippen molar-refractivity contribution in [2.75, 3.05) is 25.6 Å². The number of amides is 1. The van der Waals surface area contributed by atoms with E-state index in [0.29, 0.717) is 23.2 Å². The Bertz CT molecular complexity index is 1530. The number of rotatable bonds is 10. The van der Waals surface area contributed by atoms with Crippen LogP contribution in [0.15, 0.2) is 95.7 Å². The molecule has 41 heavy (non-hydrogen) atoms. The summed E-state index contributed by atoms with van der Waals surface area (Å²) in [5.41, 5.74) is 1.34. The Labute approximate surface area is 239 Å². The highest BCUT2D eigenvalue weighted by molar-refractivity contribution is 7.61. The summed E-state index contributed by atoms with van der Waals surface area (Å²) in [7, 11) is -1.23. The van der Waals surface area contributed by atoms with Gasteiger partial charge in [0.25, 0.3) is 0 Å². The van der Waals surface area contributed by atoms with Gasteiger partial charge in [0.2, 0.25) is 0 Å². The van der Waals surface area contributed by atoms with Gasteiger partial charge >= 0.3 is 16.6 Å². The molecule has 12 heteroatoms. The first kappa shape index (κ1) is 30.6. The molecule has 2 aromatic heterocycles. The van der Waals surface area contributed by atoms with E-state index in [-0.39, 0.29) is 30.4 Å². The Hall–Kier alpha value is -4.97. The molecule has 2 heterocycles. The second-order valence-electron chi connectivity index (χ2n) is 8.43. The molecule has 0 radical (unpaired) electrons. The van der Waals surface area contributed by atoms with Crippen LogP contribution in [0.4, 0.5) is 16.3 Å². The van der Waals surface area contributed by atoms with Gasteiger partial charge in [-0.15, -0.1) is 4.36 Å². The van der Waals surface area contributed by atoms with Gasteiger partial charge in [0.1, 0.15) is 24.7 Å². The molecule has 11 nitrogen and oxygen atoms in total. The topological polar surface area (TPSA) is 138 Å². The highest BCUT2D eigenvalue weighted by Gasteiger charge is 2.15. The van der Waals surface area contributed by atoms with Crippen LogP contribution in [0.5, 0.6) is 23.0 Å². The first-order chi connectivity index (χ1) is 19.9. The zero-order chi connectivity index (χ0) is 29.5. The van der Waals surface area contributed by atoms with Gasteiger partial charge in [-0.2, -0.15) is 8.42 Å². The van der Waals surface area contributed by atoms with Crippen LogP contribution >= 0.6 is 0 Å². The van der Waals surface area contributed by atoms with Crippen LogP contribution in [0, 0.1) is 0 Å². The van der Waals surface area contributed by atoms with Gasteiger partial charge in [0.05, 0.1) is 7.11 Å². The summed E-state index contributed by atoms with van der Waals surface area (Å²) in [6.45, 7) is 4.22. The number of pyridine rings is 2. The van der Waals surface area contributed by atoms with Gasteiger partial charge in [0.15, 0.2) is 23.0 Å². The van der Waals surface area contributed by atoms with Crippen molar-refractivity contribution in [3.63, 3.8) is 0 Å². The average molecular weight is 579 g/mol. The quantitative estimate of drug-likeness (QED) is 0.212. The lowest BCUT2D eigenvalue weighted by Gasteiger charge is -2.15. The monoisotopic (exact) mass is 578 g/mol. The van der Waals surface area contributed by atoms with Gasteiger partial charge in [-0.3, -0.25) is 10.3 Å². The maximum absolute atomic E-state index is 11.8. The third kappa shape index (κ3) is 10.3. The maximum atomic E-state index is 11.8. The Morgan fingerprint density at radius 2 is 1.66 bits per heavy atom. The molecule has 0 saturated heterocycles. The van der Waals surface area contributed by atoms with Crippen LogP contribution in [0.25, 0.3) is 0 Å². The smallest absolute Gasteiger partial charge is 0.412 e. The van der Waals surface area contributed by atoms with E-state index in [1.165, 1.54) is 24.9 Å². The van der Waals surface area contributed by atoms with Crippen LogP contribution in [-0.4, -0.2) is 44.8 Å². The average Bonchev–Trinajstić information content (AvgIpc) is 2.98. The highest BCUT2D eigenvalue weighted by Crippen LogP contribution is 2.42. The number of aromatic nitrogens is 2. The minimum Gasteiger partial charge on any atom is -0.493 e. The van der Waals surface area contributed by atoms with Crippen LogP contribution in [0.2, 0.25) is 0 Å². The highest BCUT2D eigenvalue weighted by atomic mass is 32.2. The molecule has 0 aliphatic heterocycles. The molecule has 0 bridgehead atoms. The van der Waals surface area contributed by atoms with Crippen LogP contribution < -0.4 is 19.5 Å². The number of methoxy groups -OCH3 is 1. The second-order valence-corrected chi connectivity index (χ2v) is 9.05. The van der Waals surface area contributed by atoms with E-state index in [9.17, 15) is 13.2 Å². The van der Waals surface area contributed by atoms with Crippen molar-refractivity contribution >= 4 is 28.1 Å². The first-order valence-electron chi connectivity index (χ1n) is 12.5. The Morgan fingerprint density at radius 1 is 0.902 bits per heavy atom. The Balaban J connectivity index is 0.000000436. The molecule has 4 aromatic rings. The van der Waals surface area contributed by atoms with Gasteiger partial charge < -0.3 is 18.9 Å². The fraction of sp³-hybridized carbons (Fsp3) is 0.207. The summed E-state index contributed by atoms with van der Waals surface area (Å²) in [4.78, 5) is 19.8. The molecule has 214 valence electrons. The number of carbonyl (C=O) groups excluding carboxylic acids is 1. The van der Waals surface area contributed by atoms with Gasteiger partial charge in [0, 0.05) is 18.6 Å². The minimum atomic E-state index is -2.71. The lowest BCUT2D eigenvalue weighted by molar-refractivity contribution is 0.137. The predicted octanol–water partition coefficient (Wildman–Crippen LogP) is 6.41. The molecule has 0 spiro atoms. The molecule has 2 aromatic carbocycles. The van der Waals surface area contributed by atoms with E-state index >= 15 is 0 Å². The summed E-state index contributed by atoms with van der Waals surface area (Å²) in [5, 5.41) is 2.48. The van der Waals surface area contributed by atoms with E-state index < -0.39 is 16.6 Å². The Kier molecular flexibility index (Phi) is 12.1. The number of nitrogens with one attached hydrogen (secondary N) is 1. The molecule has 0 aliphatic carbocycles. The normalized spacial score (nSPS) is 10.0. The number of ether oxygens (including phenoxy) is 4. The van der Waals surface area contributed by atoms with E-state index in [4.69, 9.17) is 18.9 Å². The van der Waals surface area contributed by atoms with Crippen molar-refractivity contribution in [3.8, 4) is 23.0 Å². The summed E-state index contributed by atoms with van der Waals surface area (Å²) >= 11 is 0. The fourth-order valence-corrected chi connectivity index (χ4v) is 3.57. The molecule has 4 rings (SSSR count). The molecule has 0 unspecified atom stereocenters. The number of hydrogen-bond acceptors (Lipinski definition) is 10. The van der Waals surface area contributed by atoms with Crippen molar-refractivity contribution in [3.05, 3.63) is 97.0 Å². The van der Waals surface area contributed by atoms with Crippen molar-refractivity contribution in [1.29, 1.82) is 0 Å². The van der Waals surface area contributed by atoms with E-state index in [0.717, 1.165) is 0 Å². The fourth-order valence-electron chi connectivity index (χ4n) is 3.27. The van der Waals surface area contributed by atoms with Crippen molar-refractivity contribution in [1.82, 2.24) is 9.97 Å². The van der Waals surface area contributed by atoms with Crippen molar-refractivity contribution < 1.29 is 32.2 Å². The molecule has 0 fully saturated rings. The molecule has 0 aliphatic rings. The summed E-state index contributed by atoms with van der Waals surface area (Å²) in [6.07, 6.45) is 4.55. The SMILES string of the molecule is CC(C)c1cccnc1.COc1ccccc1Oc1c(N=S(=O)=O)cccc1OCCOC(=O)Nc1ccccn1. The zero-order valence-electron chi connectivity index (χ0n) is 22.8. The summed E-state index contributed by atoms with van der Waals surface area (Å²) in [6, 6.07) is 20.6. The van der Waals surface area contributed by atoms with Crippen molar-refractivity contribution in [2.24, 2.45) is 4.36 Å². The van der Waals surface area contributed by atoms with Crippen molar-refractivity contribution in [2.45, 2.75) is 19.8 Å². The molecule has 0 atom stereocenters. The van der Waals surface area contributed by atoms with E-state index in [1.807, 2.05) is 12.3 Å². The number of carbonyl (C=O) groups is 1. The van der Waals surface area contributed by atoms with Gasteiger partial charge in [-0.25, -0.2) is 9.78 Å². The number of para-hydroxylation sites is 3. The standard InChI is InChI=1S/C21H19N3O7S.C8H11N/c1-28-16-8-2-3-9-17(16)31-20-15(24-32(26)27)7-6-10-18(20)29-13-14-30-21(25)23-19-11-4-5-12-22-19;1-7(2)8-4-3-5-9-6-8/h2-12H,13-14H2,1H3,(H,22,23,25);3-7H,1-2H3. The zero-order valence-corrected chi connectivity index (χ0v) is 23.6. The minimum absolute atomic E-state index is 0.0260. The number of benzene rings is 2. The number of hydrogen-bond donors (Lipinski definition) is 1. The first-order valence-corrected chi connectivity index (χ1v) is 13.5. The number of anilines is 1. The molecule has 1 N–H and O–H groups in total. The molecular weight excluding hydrogens is 548 g/mol. The third-order valence-electron chi connectivity index (χ3n) is 5.23. The van der Waals surface area contributed by atoms with Crippen LogP contribution in [0.1, 0.15) is 25.3 Å². The summed E-state index contributed by atoms with van der Waals surface area (Å²) in [5.74, 6) is 2.00. The lowest BCUT2D eigenvalue weighted by Crippen LogP contribution is -2.18. The molecule has 0 saturated carbocycles. The van der Waals surface area contributed by atoms with Gasteiger partial charge in [-0.1, -0.05) is 44.2 Å². The van der Waals surface area contributed by atoms with Crippen LogP contribution in [-0.2, 0) is 15.2 Å². The largest absolute Gasteiger partial charge is 0.493 e. The van der Waals surface area contributed by atoms with E-state index in [1.54, 1.807) is 60.8 Å². The lowest BCUT2D eigenvalue weighted by atomic mass is 10.1. The second kappa shape index (κ2) is 16.2. The van der Waals surface area contributed by atoms with E-state index in [2.05, 4.69) is 39.6 Å². The molecule has 1 amide bonds. The number of nitrogens with zero attached hydrogens (tertiary/aromatic N) is 3. The van der Waals surface area contributed by atoms with Crippen LogP contribution in [0.3, 0.4) is 0 Å². The Morgan fingerprint density at radius 3 is 2.29 bits per heavy atom. The predicted molar refractivity (Wildman–Crippen MR) is 154 cm³/mol. The van der Waals surface area contributed by atoms with Gasteiger partial charge in [-0.05, 0) is 53.9 Å². The third-order valence-corrected chi connectivity index (χ3v) is 5.58. The maximum Gasteiger partial charge on any atom is 0.412 e.